The average Bonchev–Trinajstić information content (AvgIpc) is 2.76. The molecule has 1 heterocycles. The van der Waals surface area contributed by atoms with Gasteiger partial charge < -0.3 is 10.1 Å². The number of benzene rings is 3. The standard InChI is InChI=1S/C23H18N2O4/c26-21(15-19-23(28)29-20-14-8-7-13-18(20)24-19)25(17-11-5-2-6-12-17)22(27)16-9-3-1-4-10-16/h1-14,19,24H,15H2/t19-/m1/s1. The van der Waals surface area contributed by atoms with Crippen molar-refractivity contribution in [3.63, 3.8) is 0 Å². The van der Waals surface area contributed by atoms with Gasteiger partial charge in [-0.3, -0.25) is 9.59 Å². The zero-order chi connectivity index (χ0) is 20.2. The Morgan fingerprint density at radius 2 is 1.48 bits per heavy atom. The summed E-state index contributed by atoms with van der Waals surface area (Å²) in [6.45, 7) is 0. The Labute approximate surface area is 167 Å². The predicted octanol–water partition coefficient (Wildman–Crippen LogP) is 3.65. The van der Waals surface area contributed by atoms with Gasteiger partial charge in [0.2, 0.25) is 5.91 Å². The summed E-state index contributed by atoms with van der Waals surface area (Å²) in [5, 5.41) is 3.03. The molecule has 0 spiro atoms. The lowest BCUT2D eigenvalue weighted by molar-refractivity contribution is -0.137. The van der Waals surface area contributed by atoms with Gasteiger partial charge in [0.15, 0.2) is 5.75 Å². The lowest BCUT2D eigenvalue weighted by Crippen LogP contribution is -2.44. The van der Waals surface area contributed by atoms with E-state index in [2.05, 4.69) is 5.32 Å². The number of hydrogen-bond acceptors (Lipinski definition) is 5. The van der Waals surface area contributed by atoms with Crippen molar-refractivity contribution in [1.29, 1.82) is 0 Å². The molecular formula is C23H18N2O4. The second kappa shape index (κ2) is 7.98. The zero-order valence-corrected chi connectivity index (χ0v) is 15.4. The molecule has 2 amide bonds. The first kappa shape index (κ1) is 18.4. The molecule has 0 saturated heterocycles. The first-order valence-corrected chi connectivity index (χ1v) is 9.18. The molecule has 0 aliphatic carbocycles. The molecule has 1 aliphatic heterocycles. The lowest BCUT2D eigenvalue weighted by atomic mass is 10.1. The van der Waals surface area contributed by atoms with Crippen LogP contribution < -0.4 is 15.0 Å². The van der Waals surface area contributed by atoms with Crippen molar-refractivity contribution >= 4 is 29.2 Å². The van der Waals surface area contributed by atoms with Crippen molar-refractivity contribution < 1.29 is 19.1 Å². The maximum Gasteiger partial charge on any atom is 0.334 e. The molecule has 0 fully saturated rings. The van der Waals surface area contributed by atoms with Crippen molar-refractivity contribution in [1.82, 2.24) is 0 Å². The monoisotopic (exact) mass is 386 g/mol. The summed E-state index contributed by atoms with van der Waals surface area (Å²) in [7, 11) is 0. The molecule has 1 aliphatic rings. The highest BCUT2D eigenvalue weighted by Crippen LogP contribution is 2.30. The van der Waals surface area contributed by atoms with Crippen LogP contribution in [-0.2, 0) is 9.59 Å². The third-order valence-electron chi connectivity index (χ3n) is 4.58. The summed E-state index contributed by atoms with van der Waals surface area (Å²) in [6, 6.07) is 23.3. The molecule has 0 bridgehead atoms. The molecule has 29 heavy (non-hydrogen) atoms. The van der Waals surface area contributed by atoms with E-state index in [0.717, 1.165) is 4.90 Å². The van der Waals surface area contributed by atoms with Gasteiger partial charge in [0, 0.05) is 5.56 Å². The van der Waals surface area contributed by atoms with Gasteiger partial charge in [-0.25, -0.2) is 9.69 Å². The van der Waals surface area contributed by atoms with Crippen LogP contribution in [0, 0.1) is 0 Å². The molecule has 3 aromatic carbocycles. The van der Waals surface area contributed by atoms with Crippen LogP contribution in [0.2, 0.25) is 0 Å². The minimum Gasteiger partial charge on any atom is -0.423 e. The van der Waals surface area contributed by atoms with E-state index in [0.29, 0.717) is 22.7 Å². The molecular weight excluding hydrogens is 368 g/mol. The van der Waals surface area contributed by atoms with Crippen molar-refractivity contribution in [3.05, 3.63) is 90.5 Å². The quantitative estimate of drug-likeness (QED) is 0.547. The SMILES string of the molecule is O=C1Oc2ccccc2N[C@@H]1CC(=O)N(C(=O)c1ccccc1)c1ccccc1. The number of ether oxygens (including phenoxy) is 1. The number of carbonyl (C=O) groups excluding carboxylic acids is 3. The summed E-state index contributed by atoms with van der Waals surface area (Å²) in [4.78, 5) is 39.7. The predicted molar refractivity (Wildman–Crippen MR) is 109 cm³/mol. The van der Waals surface area contributed by atoms with Crippen molar-refractivity contribution in [3.8, 4) is 5.75 Å². The highest BCUT2D eigenvalue weighted by Gasteiger charge is 2.33. The van der Waals surface area contributed by atoms with Crippen LogP contribution >= 0.6 is 0 Å². The fraction of sp³-hybridized carbons (Fsp3) is 0.0870. The van der Waals surface area contributed by atoms with Crippen LogP contribution in [0.3, 0.4) is 0 Å². The number of nitrogens with zero attached hydrogens (tertiary/aromatic N) is 1. The molecule has 0 unspecified atom stereocenters. The number of amides is 2. The van der Waals surface area contributed by atoms with E-state index in [1.807, 2.05) is 0 Å². The molecule has 1 N–H and O–H groups in total. The number of imide groups is 1. The molecule has 6 nitrogen and oxygen atoms in total. The number of nitrogens with one attached hydrogen (secondary N) is 1. The first-order chi connectivity index (χ1) is 14.1. The fourth-order valence-corrected chi connectivity index (χ4v) is 3.16. The van der Waals surface area contributed by atoms with Crippen molar-refractivity contribution in [2.24, 2.45) is 0 Å². The second-order valence-corrected chi connectivity index (χ2v) is 6.55. The molecule has 0 radical (unpaired) electrons. The number of esters is 1. The summed E-state index contributed by atoms with van der Waals surface area (Å²) in [5.41, 5.74) is 1.45. The molecule has 0 aromatic heterocycles. The maximum absolute atomic E-state index is 13.1. The Bertz CT molecular complexity index is 1050. The van der Waals surface area contributed by atoms with Gasteiger partial charge in [-0.2, -0.15) is 0 Å². The third kappa shape index (κ3) is 3.87. The Morgan fingerprint density at radius 3 is 2.21 bits per heavy atom. The topological polar surface area (TPSA) is 75.7 Å². The van der Waals surface area contributed by atoms with Gasteiger partial charge in [-0.15, -0.1) is 0 Å². The van der Waals surface area contributed by atoms with E-state index in [-0.39, 0.29) is 6.42 Å². The van der Waals surface area contributed by atoms with Gasteiger partial charge in [0.25, 0.3) is 5.91 Å². The number of fused-ring (bicyclic) bond motifs is 1. The zero-order valence-electron chi connectivity index (χ0n) is 15.4. The molecule has 3 aromatic rings. The summed E-state index contributed by atoms with van der Waals surface area (Å²) in [5.74, 6) is -1.09. The Hall–Kier alpha value is -3.93. The van der Waals surface area contributed by atoms with E-state index in [4.69, 9.17) is 4.74 Å². The number of carbonyl (C=O) groups is 3. The van der Waals surface area contributed by atoms with Crippen LogP contribution in [0.5, 0.6) is 5.75 Å². The lowest BCUT2D eigenvalue weighted by Gasteiger charge is -2.27. The summed E-state index contributed by atoms with van der Waals surface area (Å²) < 4.78 is 5.32. The maximum atomic E-state index is 13.1. The second-order valence-electron chi connectivity index (χ2n) is 6.55. The highest BCUT2D eigenvalue weighted by atomic mass is 16.5. The molecule has 6 heteroatoms. The minimum absolute atomic E-state index is 0.222. The van der Waals surface area contributed by atoms with Crippen molar-refractivity contribution in [2.45, 2.75) is 12.5 Å². The van der Waals surface area contributed by atoms with Crippen LogP contribution in [0.4, 0.5) is 11.4 Å². The molecule has 0 saturated carbocycles. The largest absolute Gasteiger partial charge is 0.423 e. The number of anilines is 2. The Kier molecular flexibility index (Phi) is 5.07. The van der Waals surface area contributed by atoms with Gasteiger partial charge in [-0.1, -0.05) is 48.5 Å². The van der Waals surface area contributed by atoms with Crippen molar-refractivity contribution in [2.75, 3.05) is 10.2 Å². The Morgan fingerprint density at radius 1 is 0.862 bits per heavy atom. The number of rotatable bonds is 4. The van der Waals surface area contributed by atoms with Gasteiger partial charge in [0.1, 0.15) is 6.04 Å². The molecule has 4 rings (SSSR count). The van der Waals surface area contributed by atoms with Gasteiger partial charge >= 0.3 is 5.97 Å². The fourth-order valence-electron chi connectivity index (χ4n) is 3.16. The number of hydrogen-bond donors (Lipinski definition) is 1. The number of para-hydroxylation sites is 3. The van der Waals surface area contributed by atoms with Gasteiger partial charge in [-0.05, 0) is 36.4 Å². The normalized spacial score (nSPS) is 14.9. The van der Waals surface area contributed by atoms with Crippen LogP contribution in [0.25, 0.3) is 0 Å². The minimum atomic E-state index is -0.882. The molecule has 1 atom stereocenters. The van der Waals surface area contributed by atoms with E-state index in [1.54, 1.807) is 84.9 Å². The van der Waals surface area contributed by atoms with E-state index in [1.165, 1.54) is 0 Å². The Balaban J connectivity index is 1.61. The van der Waals surface area contributed by atoms with Crippen LogP contribution in [-0.4, -0.2) is 23.8 Å². The average molecular weight is 386 g/mol. The van der Waals surface area contributed by atoms with Gasteiger partial charge in [0.05, 0.1) is 17.8 Å². The van der Waals surface area contributed by atoms with E-state index < -0.39 is 23.8 Å². The summed E-state index contributed by atoms with van der Waals surface area (Å²) >= 11 is 0. The van der Waals surface area contributed by atoms with E-state index in [9.17, 15) is 14.4 Å². The van der Waals surface area contributed by atoms with E-state index >= 15 is 0 Å². The van der Waals surface area contributed by atoms with Crippen LogP contribution in [0.1, 0.15) is 16.8 Å². The van der Waals surface area contributed by atoms with Crippen LogP contribution in [0.15, 0.2) is 84.9 Å². The summed E-state index contributed by atoms with van der Waals surface area (Å²) in [6.07, 6.45) is -0.222. The third-order valence-corrected chi connectivity index (χ3v) is 4.58. The first-order valence-electron chi connectivity index (χ1n) is 9.18. The highest BCUT2D eigenvalue weighted by molar-refractivity contribution is 6.21. The smallest absolute Gasteiger partial charge is 0.334 e. The molecule has 144 valence electrons.